The number of hydrogen-bond donors (Lipinski definition) is 0. The molecule has 0 aliphatic heterocycles. The second-order valence-corrected chi connectivity index (χ2v) is 6.39. The smallest absolute Gasteiger partial charge is 0.161 e. The van der Waals surface area contributed by atoms with Crippen LogP contribution >= 0.6 is 11.6 Å². The Kier molecular flexibility index (Phi) is 6.06. The van der Waals surface area contributed by atoms with Gasteiger partial charge in [0.05, 0.1) is 37.5 Å². The summed E-state index contributed by atoms with van der Waals surface area (Å²) in [5.41, 5.74) is 3.93. The number of methoxy groups -OCH3 is 2. The van der Waals surface area contributed by atoms with Gasteiger partial charge in [-0.1, -0.05) is 16.8 Å². The summed E-state index contributed by atoms with van der Waals surface area (Å²) in [7, 11) is 3.19. The third-order valence-electron chi connectivity index (χ3n) is 4.13. The zero-order valence-electron chi connectivity index (χ0n) is 16.0. The summed E-state index contributed by atoms with van der Waals surface area (Å²) in [4.78, 5) is 0. The number of benzene rings is 2. The van der Waals surface area contributed by atoms with Crippen molar-refractivity contribution in [1.29, 1.82) is 0 Å². The molecular weight excluding hydrogens is 378 g/mol. The molecule has 0 amide bonds. The molecule has 0 radical (unpaired) electrons. The van der Waals surface area contributed by atoms with Gasteiger partial charge in [0.25, 0.3) is 0 Å². The lowest BCUT2D eigenvalue weighted by Gasteiger charge is -2.07. The lowest BCUT2D eigenvalue weighted by molar-refractivity contribution is 0.355. The van der Waals surface area contributed by atoms with Crippen LogP contribution in [0.5, 0.6) is 11.5 Å². The van der Waals surface area contributed by atoms with Crippen LogP contribution in [0, 0.1) is 6.92 Å². The normalized spacial score (nSPS) is 11.8. The van der Waals surface area contributed by atoms with E-state index in [0.717, 1.165) is 16.9 Å². The summed E-state index contributed by atoms with van der Waals surface area (Å²) < 4.78 is 12.3. The van der Waals surface area contributed by atoms with E-state index in [1.807, 2.05) is 56.3 Å². The summed E-state index contributed by atoms with van der Waals surface area (Å²) in [6.07, 6.45) is 1.64. The first kappa shape index (κ1) is 19.6. The molecule has 144 valence electrons. The molecule has 0 bridgehead atoms. The topological polar surface area (TPSA) is 73.9 Å². The Hall–Kier alpha value is -3.19. The molecule has 8 heteroatoms. The van der Waals surface area contributed by atoms with E-state index in [-0.39, 0.29) is 0 Å². The molecular formula is C20H20ClN5O2. The summed E-state index contributed by atoms with van der Waals surface area (Å²) in [6.45, 7) is 3.77. The van der Waals surface area contributed by atoms with Gasteiger partial charge in [0.1, 0.15) is 5.69 Å². The predicted molar refractivity (Wildman–Crippen MR) is 110 cm³/mol. The van der Waals surface area contributed by atoms with E-state index in [9.17, 15) is 0 Å². The highest BCUT2D eigenvalue weighted by molar-refractivity contribution is 6.30. The molecule has 7 nitrogen and oxygen atoms in total. The predicted octanol–water partition coefficient (Wildman–Crippen LogP) is 4.09. The van der Waals surface area contributed by atoms with E-state index >= 15 is 0 Å². The fourth-order valence-corrected chi connectivity index (χ4v) is 2.78. The van der Waals surface area contributed by atoms with Crippen molar-refractivity contribution in [1.82, 2.24) is 15.0 Å². The molecule has 3 aromatic rings. The Bertz CT molecular complexity index is 1030. The first-order valence-electron chi connectivity index (χ1n) is 8.51. The molecule has 0 N–H and O–H groups in total. The molecule has 0 aliphatic carbocycles. The fraction of sp³-hybridized carbons (Fsp3) is 0.200. The maximum absolute atomic E-state index is 5.94. The number of rotatable bonds is 6. The van der Waals surface area contributed by atoms with Crippen molar-refractivity contribution < 1.29 is 9.47 Å². The first-order valence-corrected chi connectivity index (χ1v) is 8.89. The molecule has 3 rings (SSSR count). The first-order chi connectivity index (χ1) is 13.5. The Morgan fingerprint density at radius 1 is 1.07 bits per heavy atom. The van der Waals surface area contributed by atoms with Gasteiger partial charge in [-0.05, 0) is 61.9 Å². The van der Waals surface area contributed by atoms with E-state index < -0.39 is 0 Å². The maximum Gasteiger partial charge on any atom is 0.161 e. The Balaban J connectivity index is 1.80. The average molecular weight is 398 g/mol. The summed E-state index contributed by atoms with van der Waals surface area (Å²) in [5, 5.41) is 17.5. The molecule has 0 fully saturated rings. The summed E-state index contributed by atoms with van der Waals surface area (Å²) in [6, 6.07) is 12.9. The van der Waals surface area contributed by atoms with Gasteiger partial charge in [0.2, 0.25) is 0 Å². The molecule has 0 aliphatic rings. The summed E-state index contributed by atoms with van der Waals surface area (Å²) in [5.74, 6) is 1.29. The van der Waals surface area contributed by atoms with Gasteiger partial charge < -0.3 is 9.47 Å². The molecule has 28 heavy (non-hydrogen) atoms. The average Bonchev–Trinajstić information content (AvgIpc) is 3.09. The fourth-order valence-electron chi connectivity index (χ4n) is 2.65. The van der Waals surface area contributed by atoms with E-state index in [4.69, 9.17) is 21.1 Å². The minimum atomic E-state index is 0.633. The van der Waals surface area contributed by atoms with Crippen molar-refractivity contribution >= 4 is 23.5 Å². The molecule has 0 unspecified atom stereocenters. The van der Waals surface area contributed by atoms with Crippen molar-refractivity contribution in [3.63, 3.8) is 0 Å². The van der Waals surface area contributed by atoms with Crippen LogP contribution in [0.1, 0.15) is 23.9 Å². The van der Waals surface area contributed by atoms with E-state index in [1.165, 1.54) is 0 Å². The van der Waals surface area contributed by atoms with Crippen LogP contribution in [0.25, 0.3) is 5.69 Å². The lowest BCUT2D eigenvalue weighted by Crippen LogP contribution is -2.01. The van der Waals surface area contributed by atoms with Crippen molar-refractivity contribution in [2.45, 2.75) is 13.8 Å². The lowest BCUT2D eigenvalue weighted by atomic mass is 10.2. The summed E-state index contributed by atoms with van der Waals surface area (Å²) >= 11 is 5.94. The van der Waals surface area contributed by atoms with E-state index in [2.05, 4.69) is 20.5 Å². The van der Waals surface area contributed by atoms with Gasteiger partial charge in [0.15, 0.2) is 11.5 Å². The van der Waals surface area contributed by atoms with Crippen LogP contribution in [-0.2, 0) is 0 Å². The molecule has 0 saturated carbocycles. The van der Waals surface area contributed by atoms with Crippen LogP contribution in [0.3, 0.4) is 0 Å². The Morgan fingerprint density at radius 3 is 2.46 bits per heavy atom. The Labute approximate surface area is 168 Å². The number of hydrogen-bond acceptors (Lipinski definition) is 6. The van der Waals surface area contributed by atoms with Crippen molar-refractivity contribution in [2.24, 2.45) is 10.2 Å². The molecule has 0 spiro atoms. The largest absolute Gasteiger partial charge is 0.493 e. The Morgan fingerprint density at radius 2 is 1.79 bits per heavy atom. The maximum atomic E-state index is 5.94. The number of aromatic nitrogens is 3. The monoisotopic (exact) mass is 397 g/mol. The quantitative estimate of drug-likeness (QED) is 0.463. The standard InChI is InChI=1S/C20H20ClN5O2/c1-13(23-22-12-15-5-10-18(27-3)19(11-15)28-4)20-14(2)26(25-24-20)17-8-6-16(21)7-9-17/h5-12H,1-4H3/b22-12-,23-13-. The van der Waals surface area contributed by atoms with Crippen LogP contribution in [0.15, 0.2) is 52.7 Å². The third-order valence-corrected chi connectivity index (χ3v) is 4.38. The second-order valence-electron chi connectivity index (χ2n) is 5.96. The van der Waals surface area contributed by atoms with Gasteiger partial charge >= 0.3 is 0 Å². The second kappa shape index (κ2) is 8.67. The van der Waals surface area contributed by atoms with Crippen LogP contribution in [0.4, 0.5) is 0 Å². The van der Waals surface area contributed by atoms with Gasteiger partial charge in [-0.3, -0.25) is 0 Å². The highest BCUT2D eigenvalue weighted by atomic mass is 35.5. The molecule has 0 saturated heterocycles. The number of nitrogens with zero attached hydrogens (tertiary/aromatic N) is 5. The minimum absolute atomic E-state index is 0.633. The zero-order valence-corrected chi connectivity index (χ0v) is 16.8. The third kappa shape index (κ3) is 4.20. The van der Waals surface area contributed by atoms with Gasteiger partial charge in [-0.25, -0.2) is 4.68 Å². The molecule has 2 aromatic carbocycles. The SMILES string of the molecule is COc1ccc(/C=N\N=C(\C)c2nnn(-c3ccc(Cl)cc3)c2C)cc1OC. The van der Waals surface area contributed by atoms with Crippen LogP contribution in [0.2, 0.25) is 5.02 Å². The minimum Gasteiger partial charge on any atom is -0.493 e. The van der Waals surface area contributed by atoms with Crippen molar-refractivity contribution in [3.05, 3.63) is 64.4 Å². The number of halogens is 1. The van der Waals surface area contributed by atoms with E-state index in [0.29, 0.717) is 27.9 Å². The van der Waals surface area contributed by atoms with Gasteiger partial charge in [-0.2, -0.15) is 10.2 Å². The zero-order chi connectivity index (χ0) is 20.1. The highest BCUT2D eigenvalue weighted by Crippen LogP contribution is 2.26. The number of ether oxygens (including phenoxy) is 2. The molecule has 0 atom stereocenters. The van der Waals surface area contributed by atoms with E-state index in [1.54, 1.807) is 25.1 Å². The van der Waals surface area contributed by atoms with Crippen LogP contribution < -0.4 is 9.47 Å². The van der Waals surface area contributed by atoms with Crippen molar-refractivity contribution in [3.8, 4) is 17.2 Å². The molecule has 1 heterocycles. The molecule has 1 aromatic heterocycles. The van der Waals surface area contributed by atoms with Gasteiger partial charge in [0, 0.05) is 5.02 Å². The highest BCUT2D eigenvalue weighted by Gasteiger charge is 2.12. The van der Waals surface area contributed by atoms with Crippen molar-refractivity contribution in [2.75, 3.05) is 14.2 Å². The van der Waals surface area contributed by atoms with Crippen LogP contribution in [-0.4, -0.2) is 41.1 Å². The van der Waals surface area contributed by atoms with Gasteiger partial charge in [-0.15, -0.1) is 5.10 Å².